The summed E-state index contributed by atoms with van der Waals surface area (Å²) in [5.74, 6) is 0.851. The quantitative estimate of drug-likeness (QED) is 0.673. The van der Waals surface area contributed by atoms with Crippen molar-refractivity contribution in [2.45, 2.75) is 31.5 Å². The third kappa shape index (κ3) is 3.55. The van der Waals surface area contributed by atoms with Crippen LogP contribution in [0.15, 0.2) is 10.4 Å². The van der Waals surface area contributed by atoms with E-state index in [0.717, 1.165) is 21.4 Å². The largest absolute Gasteiger partial charge is 0.296 e. The van der Waals surface area contributed by atoms with Crippen LogP contribution in [0.3, 0.4) is 0 Å². The van der Waals surface area contributed by atoms with Gasteiger partial charge in [-0.15, -0.1) is 21.5 Å². The molecule has 2 rings (SSSR count). The number of carbonyl (C=O) groups excluding carboxylic acids is 1. The van der Waals surface area contributed by atoms with Crippen molar-refractivity contribution in [2.24, 2.45) is 0 Å². The van der Waals surface area contributed by atoms with Crippen LogP contribution in [0.25, 0.3) is 0 Å². The van der Waals surface area contributed by atoms with Crippen molar-refractivity contribution in [1.29, 1.82) is 0 Å². The van der Waals surface area contributed by atoms with Gasteiger partial charge in [-0.3, -0.25) is 10.1 Å². The maximum Gasteiger partial charge on any atom is 0.267 e. The molecule has 0 bridgehead atoms. The Morgan fingerprint density at radius 2 is 2.16 bits per heavy atom. The predicted octanol–water partition coefficient (Wildman–Crippen LogP) is 3.83. The van der Waals surface area contributed by atoms with Crippen molar-refractivity contribution in [2.75, 3.05) is 11.1 Å². The molecule has 102 valence electrons. The molecule has 0 saturated carbocycles. The number of hydrogen-bond acceptors (Lipinski definition) is 6. The highest BCUT2D eigenvalue weighted by atomic mass is 32.2. The average Bonchev–Trinajstić information content (AvgIpc) is 2.96. The lowest BCUT2D eigenvalue weighted by molar-refractivity contribution is 0.103. The highest BCUT2D eigenvalue weighted by Gasteiger charge is 2.14. The van der Waals surface area contributed by atoms with Crippen molar-refractivity contribution in [3.8, 4) is 0 Å². The lowest BCUT2D eigenvalue weighted by Crippen LogP contribution is -2.09. The molecule has 0 aliphatic rings. The molecule has 0 saturated heterocycles. The maximum absolute atomic E-state index is 12.1. The molecule has 1 amide bonds. The molecular formula is C12H15N3OS3. The zero-order valence-electron chi connectivity index (χ0n) is 11.0. The number of aryl methyl sites for hydroxylation is 2. The fourth-order valence-corrected chi connectivity index (χ4v) is 4.24. The van der Waals surface area contributed by atoms with Gasteiger partial charge >= 0.3 is 0 Å². The lowest BCUT2D eigenvalue weighted by atomic mass is 10.2. The minimum absolute atomic E-state index is 0.100. The van der Waals surface area contributed by atoms with E-state index in [1.807, 2.05) is 13.0 Å². The molecule has 4 nitrogen and oxygen atoms in total. The second-order valence-corrected chi connectivity index (χ2v) is 7.46. The monoisotopic (exact) mass is 313 g/mol. The third-order valence-corrected chi connectivity index (χ3v) is 5.69. The van der Waals surface area contributed by atoms with E-state index in [1.54, 1.807) is 23.1 Å². The highest BCUT2D eigenvalue weighted by Crippen LogP contribution is 2.27. The van der Waals surface area contributed by atoms with Gasteiger partial charge in [-0.05, 0) is 30.7 Å². The van der Waals surface area contributed by atoms with Crippen LogP contribution < -0.4 is 5.32 Å². The molecule has 2 heterocycles. The number of nitrogens with one attached hydrogen (secondary N) is 1. The molecule has 1 N–H and O–H groups in total. The molecule has 7 heteroatoms. The second-order valence-electron chi connectivity index (χ2n) is 3.83. The zero-order valence-corrected chi connectivity index (χ0v) is 13.5. The first kappa shape index (κ1) is 14.5. The Bertz CT molecular complexity index is 577. The van der Waals surface area contributed by atoms with Crippen molar-refractivity contribution in [3.63, 3.8) is 0 Å². The number of thioether (sulfide) groups is 1. The van der Waals surface area contributed by atoms with Crippen LogP contribution in [0.4, 0.5) is 5.13 Å². The summed E-state index contributed by atoms with van der Waals surface area (Å²) < 4.78 is 0.884. The van der Waals surface area contributed by atoms with Crippen LogP contribution in [0.5, 0.6) is 0 Å². The standard InChI is InChI=1S/C12H15N3OS3/c1-4-8-7(3)6-9(18-8)10(16)13-11-14-15-12(19-11)17-5-2/h6H,4-5H2,1-3H3,(H,13,14,16). The van der Waals surface area contributed by atoms with E-state index in [0.29, 0.717) is 5.13 Å². The van der Waals surface area contributed by atoms with Crippen molar-refractivity contribution < 1.29 is 4.79 Å². The summed E-state index contributed by atoms with van der Waals surface area (Å²) in [6.07, 6.45) is 0.958. The Labute approximate surface area is 124 Å². The normalized spacial score (nSPS) is 10.7. The minimum atomic E-state index is -0.100. The summed E-state index contributed by atoms with van der Waals surface area (Å²) in [5, 5.41) is 11.3. The van der Waals surface area contributed by atoms with Crippen LogP contribution in [0.2, 0.25) is 0 Å². The number of rotatable bonds is 5. The van der Waals surface area contributed by atoms with Gasteiger partial charge in [0.1, 0.15) is 0 Å². The molecule has 2 aromatic rings. The van der Waals surface area contributed by atoms with E-state index in [2.05, 4.69) is 29.4 Å². The van der Waals surface area contributed by atoms with E-state index in [4.69, 9.17) is 0 Å². The maximum atomic E-state index is 12.1. The second kappa shape index (κ2) is 6.49. The molecule has 0 radical (unpaired) electrons. The first-order chi connectivity index (χ1) is 9.13. The van der Waals surface area contributed by atoms with E-state index < -0.39 is 0 Å². The van der Waals surface area contributed by atoms with Gasteiger partial charge in [-0.1, -0.05) is 36.9 Å². The number of nitrogens with zero attached hydrogens (tertiary/aromatic N) is 2. The Morgan fingerprint density at radius 3 is 2.79 bits per heavy atom. The number of anilines is 1. The minimum Gasteiger partial charge on any atom is -0.296 e. The van der Waals surface area contributed by atoms with E-state index in [1.165, 1.54) is 21.8 Å². The molecule has 0 atom stereocenters. The van der Waals surface area contributed by atoms with Crippen molar-refractivity contribution >= 4 is 45.5 Å². The number of thiophene rings is 1. The van der Waals surface area contributed by atoms with Crippen LogP contribution in [-0.4, -0.2) is 21.9 Å². The van der Waals surface area contributed by atoms with E-state index in [9.17, 15) is 4.79 Å². The molecule has 2 aromatic heterocycles. The Balaban J connectivity index is 2.06. The first-order valence-corrected chi connectivity index (χ1v) is 8.62. The van der Waals surface area contributed by atoms with Gasteiger partial charge in [-0.2, -0.15) is 0 Å². The molecule has 19 heavy (non-hydrogen) atoms. The molecule has 0 aliphatic heterocycles. The Kier molecular flexibility index (Phi) is 4.95. The molecule has 0 unspecified atom stereocenters. The summed E-state index contributed by atoms with van der Waals surface area (Å²) in [7, 11) is 0. The van der Waals surface area contributed by atoms with Crippen LogP contribution in [0.1, 0.15) is 34.0 Å². The number of amides is 1. The topological polar surface area (TPSA) is 54.9 Å². The summed E-state index contributed by atoms with van der Waals surface area (Å²) in [6.45, 7) is 6.19. The van der Waals surface area contributed by atoms with Gasteiger partial charge in [0.25, 0.3) is 5.91 Å². The van der Waals surface area contributed by atoms with Gasteiger partial charge < -0.3 is 0 Å². The van der Waals surface area contributed by atoms with Crippen molar-refractivity contribution in [3.05, 3.63) is 21.4 Å². The summed E-state index contributed by atoms with van der Waals surface area (Å²) in [4.78, 5) is 14.1. The predicted molar refractivity (Wildman–Crippen MR) is 82.7 cm³/mol. The van der Waals surface area contributed by atoms with Crippen molar-refractivity contribution in [1.82, 2.24) is 10.2 Å². The van der Waals surface area contributed by atoms with Gasteiger partial charge in [0.15, 0.2) is 4.34 Å². The van der Waals surface area contributed by atoms with Crippen LogP contribution in [-0.2, 0) is 6.42 Å². The summed E-state index contributed by atoms with van der Waals surface area (Å²) in [6, 6.07) is 1.93. The van der Waals surface area contributed by atoms with Crippen LogP contribution in [0, 0.1) is 6.92 Å². The fourth-order valence-electron chi connectivity index (χ4n) is 1.58. The molecular weight excluding hydrogens is 298 g/mol. The summed E-state index contributed by atoms with van der Waals surface area (Å²) >= 11 is 4.58. The highest BCUT2D eigenvalue weighted by molar-refractivity contribution is 8.01. The average molecular weight is 313 g/mol. The molecule has 0 aromatic carbocycles. The van der Waals surface area contributed by atoms with Crippen LogP contribution >= 0.6 is 34.4 Å². The van der Waals surface area contributed by atoms with Gasteiger partial charge in [0, 0.05) is 4.88 Å². The molecule has 0 aliphatic carbocycles. The van der Waals surface area contributed by atoms with Gasteiger partial charge in [0.2, 0.25) is 5.13 Å². The first-order valence-electron chi connectivity index (χ1n) is 6.01. The molecule has 0 fully saturated rings. The molecule has 0 spiro atoms. The number of aromatic nitrogens is 2. The fraction of sp³-hybridized carbons (Fsp3) is 0.417. The van der Waals surface area contributed by atoms with E-state index in [-0.39, 0.29) is 5.91 Å². The van der Waals surface area contributed by atoms with Gasteiger partial charge in [-0.25, -0.2) is 0 Å². The lowest BCUT2D eigenvalue weighted by Gasteiger charge is -1.96. The van der Waals surface area contributed by atoms with Gasteiger partial charge in [0.05, 0.1) is 4.88 Å². The Hall–Kier alpha value is -0.920. The number of hydrogen-bond donors (Lipinski definition) is 1. The zero-order chi connectivity index (χ0) is 13.8. The number of carbonyl (C=O) groups is 1. The Morgan fingerprint density at radius 1 is 1.37 bits per heavy atom. The SMILES string of the molecule is CCSc1nnc(NC(=O)c2cc(C)c(CC)s2)s1. The third-order valence-electron chi connectivity index (χ3n) is 2.46. The van der Waals surface area contributed by atoms with E-state index >= 15 is 0 Å². The smallest absolute Gasteiger partial charge is 0.267 e. The summed E-state index contributed by atoms with van der Waals surface area (Å²) in [5.41, 5.74) is 1.18.